The molecule has 378 valence electrons. The molecule has 0 radical (unpaired) electrons. The van der Waals surface area contributed by atoms with Gasteiger partial charge in [0, 0.05) is 50.1 Å². The third-order valence-corrected chi connectivity index (χ3v) is 13.8. The fraction of sp³-hybridized carbons (Fsp3) is 0.519. The number of ether oxygens (including phenoxy) is 9. The van der Waals surface area contributed by atoms with Gasteiger partial charge in [-0.2, -0.15) is 0 Å². The number of alkyl halides is 1. The molecule has 2 amide bonds. The van der Waals surface area contributed by atoms with E-state index in [0.717, 1.165) is 42.4 Å². The Balaban J connectivity index is 1.29. The van der Waals surface area contributed by atoms with Crippen molar-refractivity contribution in [2.45, 2.75) is 94.8 Å². The Bertz CT molecular complexity index is 2360. The van der Waals surface area contributed by atoms with Gasteiger partial charge in [-0.25, -0.2) is 9.59 Å². The molecule has 5 aliphatic rings. The zero-order chi connectivity index (χ0) is 49.0. The molecule has 3 heterocycles. The van der Waals surface area contributed by atoms with Crippen molar-refractivity contribution in [3.63, 3.8) is 0 Å². The number of carbonyl (C=O) groups excluding carboxylic acids is 2. The van der Waals surface area contributed by atoms with Gasteiger partial charge in [0.15, 0.2) is 11.5 Å². The lowest BCUT2D eigenvalue weighted by molar-refractivity contribution is -0.256. The van der Waals surface area contributed by atoms with Crippen LogP contribution in [0, 0.1) is 17.8 Å². The molecular formula is C52H64ClN3O14. The van der Waals surface area contributed by atoms with Crippen LogP contribution in [0.2, 0.25) is 0 Å². The quantitative estimate of drug-likeness (QED) is 0.0373. The molecular weight excluding hydrogens is 926 g/mol. The SMILES string of the molecule is C=CCOC12Oc3ccc(OC(=O)Nc4ccc(OC)cc4OC)cc3C3C(CCCCO)C(CCCCO)C=C(C(=NOC4CCCCO4)CC1N(Cc1ccc4c(c1)OCO4)C(=O)OCCCl)C32. The summed E-state index contributed by atoms with van der Waals surface area (Å²) >= 11 is 6.15. The van der Waals surface area contributed by atoms with Crippen LogP contribution in [0.4, 0.5) is 15.3 Å². The van der Waals surface area contributed by atoms with Crippen molar-refractivity contribution < 1.29 is 67.3 Å². The average Bonchev–Trinajstić information content (AvgIpc) is 3.86. The first-order valence-electron chi connectivity index (χ1n) is 24.2. The first-order chi connectivity index (χ1) is 34.2. The highest BCUT2D eigenvalue weighted by Crippen LogP contribution is 2.62. The van der Waals surface area contributed by atoms with Crippen LogP contribution in [0.3, 0.4) is 0 Å². The van der Waals surface area contributed by atoms with E-state index in [9.17, 15) is 19.8 Å². The Kier molecular flexibility index (Phi) is 17.3. The molecule has 3 aromatic carbocycles. The predicted molar refractivity (Wildman–Crippen MR) is 259 cm³/mol. The summed E-state index contributed by atoms with van der Waals surface area (Å²) in [5.41, 5.74) is 3.27. The van der Waals surface area contributed by atoms with Crippen LogP contribution in [0.1, 0.15) is 81.3 Å². The number of halogens is 1. The van der Waals surface area contributed by atoms with Gasteiger partial charge in [-0.3, -0.25) is 10.2 Å². The number of rotatable bonds is 22. The number of carbonyl (C=O) groups is 2. The molecule has 8 rings (SSSR count). The molecule has 1 saturated carbocycles. The van der Waals surface area contributed by atoms with Gasteiger partial charge in [-0.1, -0.05) is 36.2 Å². The van der Waals surface area contributed by atoms with E-state index < -0.39 is 42.1 Å². The molecule has 18 heteroatoms. The maximum Gasteiger partial charge on any atom is 0.417 e. The molecule has 7 unspecified atom stereocenters. The molecule has 0 spiro atoms. The largest absolute Gasteiger partial charge is 0.497 e. The number of methoxy groups -OCH3 is 2. The van der Waals surface area contributed by atoms with Crippen LogP contribution in [-0.4, -0.2) is 111 Å². The van der Waals surface area contributed by atoms with Gasteiger partial charge in [0.25, 0.3) is 0 Å². The highest BCUT2D eigenvalue weighted by Gasteiger charge is 2.66. The Hall–Kier alpha value is -5.72. The first-order valence-corrected chi connectivity index (χ1v) is 24.7. The summed E-state index contributed by atoms with van der Waals surface area (Å²) in [5.74, 6) is 0.0286. The Morgan fingerprint density at radius 2 is 1.76 bits per heavy atom. The van der Waals surface area contributed by atoms with Gasteiger partial charge >= 0.3 is 12.2 Å². The Morgan fingerprint density at radius 3 is 2.51 bits per heavy atom. The summed E-state index contributed by atoms with van der Waals surface area (Å²) in [6.45, 7) is 4.75. The molecule has 3 N–H and O–H groups in total. The summed E-state index contributed by atoms with van der Waals surface area (Å²) in [7, 11) is 3.04. The number of nitrogens with zero attached hydrogens (tertiary/aromatic N) is 2. The van der Waals surface area contributed by atoms with Crippen molar-refractivity contribution in [2.75, 3.05) is 65.2 Å². The molecule has 7 atom stereocenters. The molecule has 1 saturated heterocycles. The Morgan fingerprint density at radius 1 is 0.957 bits per heavy atom. The lowest BCUT2D eigenvalue weighted by atomic mass is 9.55. The average molecular weight is 991 g/mol. The molecule has 3 aliphatic heterocycles. The van der Waals surface area contributed by atoms with Gasteiger partial charge in [0.05, 0.1) is 50.6 Å². The van der Waals surface area contributed by atoms with Crippen LogP contribution in [-0.2, 0) is 25.6 Å². The number of aliphatic hydroxyl groups excluding tert-OH is 2. The zero-order valence-electron chi connectivity index (χ0n) is 39.8. The van der Waals surface area contributed by atoms with Crippen LogP contribution >= 0.6 is 11.6 Å². The second kappa shape index (κ2) is 23.9. The van der Waals surface area contributed by atoms with E-state index >= 15 is 0 Å². The molecule has 70 heavy (non-hydrogen) atoms. The minimum absolute atomic E-state index is 0.0218. The van der Waals surface area contributed by atoms with Crippen molar-refractivity contribution >= 4 is 35.2 Å². The number of unbranched alkanes of at least 4 members (excludes halogenated alkanes) is 2. The molecule has 17 nitrogen and oxygen atoms in total. The van der Waals surface area contributed by atoms with E-state index in [1.807, 2.05) is 24.3 Å². The number of hydrogen-bond acceptors (Lipinski definition) is 15. The number of hydrogen-bond donors (Lipinski definition) is 3. The summed E-state index contributed by atoms with van der Waals surface area (Å²) < 4.78 is 54.6. The van der Waals surface area contributed by atoms with Crippen LogP contribution in [0.5, 0.6) is 34.5 Å². The third-order valence-electron chi connectivity index (χ3n) is 13.6. The van der Waals surface area contributed by atoms with E-state index in [1.165, 1.54) is 7.11 Å². The predicted octanol–water partition coefficient (Wildman–Crippen LogP) is 9.08. The number of benzene rings is 3. The van der Waals surface area contributed by atoms with E-state index in [-0.39, 0.29) is 69.7 Å². The number of amides is 2. The summed E-state index contributed by atoms with van der Waals surface area (Å²) in [6, 6.07) is 14.9. The van der Waals surface area contributed by atoms with E-state index in [2.05, 4.69) is 18.0 Å². The number of fused-ring (bicyclic) bond motifs is 3. The minimum Gasteiger partial charge on any atom is -0.497 e. The molecule has 0 aromatic heterocycles. The van der Waals surface area contributed by atoms with E-state index in [0.29, 0.717) is 78.9 Å². The highest BCUT2D eigenvalue weighted by atomic mass is 35.5. The van der Waals surface area contributed by atoms with E-state index in [4.69, 9.17) is 64.2 Å². The van der Waals surface area contributed by atoms with Gasteiger partial charge in [-0.15, -0.1) is 18.2 Å². The number of nitrogens with one attached hydrogen (secondary N) is 1. The van der Waals surface area contributed by atoms with Gasteiger partial charge in [-0.05, 0) is 104 Å². The van der Waals surface area contributed by atoms with Crippen LogP contribution in [0.15, 0.2) is 84.1 Å². The zero-order valence-corrected chi connectivity index (χ0v) is 40.6. The Labute approximate surface area is 413 Å². The van der Waals surface area contributed by atoms with Crippen molar-refractivity contribution in [1.82, 2.24) is 4.90 Å². The number of anilines is 1. The second-order valence-electron chi connectivity index (χ2n) is 17.9. The standard InChI is InChI=1S/C52H64ClN3O14/c1-4-23-67-52-46(56(51(60)64-25-20-53)31-33-14-18-43-45(26-33)66-32-65-43)30-41(55-70-47-13-7-10-24-63-47)38-27-34(11-5-8-21-57)37(12-6-9-22-58)48(49(38)52)39-28-36(16-19-42(39)69-52)68-50(59)54-40-17-15-35(61-2)29-44(40)62-3/h4,14-19,26-29,34,37,46-49,57-58H,1,5-13,20-25,30-32H2,2-3H3,(H,54,59). The van der Waals surface area contributed by atoms with Crippen molar-refractivity contribution in [2.24, 2.45) is 22.9 Å². The maximum atomic E-state index is 14.8. The van der Waals surface area contributed by atoms with Gasteiger partial charge < -0.3 is 57.7 Å². The fourth-order valence-corrected chi connectivity index (χ4v) is 10.6. The smallest absolute Gasteiger partial charge is 0.417 e. The summed E-state index contributed by atoms with van der Waals surface area (Å²) in [5, 5.41) is 27.8. The monoisotopic (exact) mass is 989 g/mol. The maximum absolute atomic E-state index is 14.8. The van der Waals surface area contributed by atoms with Gasteiger partial charge in [0.1, 0.15) is 35.6 Å². The first kappa shape index (κ1) is 50.7. The summed E-state index contributed by atoms with van der Waals surface area (Å²) in [4.78, 5) is 36.3. The highest BCUT2D eigenvalue weighted by molar-refractivity contribution is 6.18. The normalized spacial score (nSPS) is 24.5. The molecule has 0 bridgehead atoms. The topological polar surface area (TPSA) is 195 Å². The molecule has 2 fully saturated rings. The van der Waals surface area contributed by atoms with Crippen molar-refractivity contribution in [3.8, 4) is 34.5 Å². The fourth-order valence-electron chi connectivity index (χ4n) is 10.5. The van der Waals surface area contributed by atoms with Gasteiger partial charge in [0.2, 0.25) is 18.9 Å². The third kappa shape index (κ3) is 11.2. The second-order valence-corrected chi connectivity index (χ2v) is 18.3. The lowest BCUT2D eigenvalue weighted by Gasteiger charge is -2.59. The van der Waals surface area contributed by atoms with Crippen LogP contribution in [0.25, 0.3) is 0 Å². The molecule has 3 aromatic rings. The number of oxime groups is 1. The molecule has 2 aliphatic carbocycles. The summed E-state index contributed by atoms with van der Waals surface area (Å²) in [6.07, 6.45) is 8.61. The minimum atomic E-state index is -1.61. The van der Waals surface area contributed by atoms with Crippen LogP contribution < -0.4 is 33.7 Å². The van der Waals surface area contributed by atoms with Crippen molar-refractivity contribution in [1.29, 1.82) is 0 Å². The number of aliphatic hydroxyl groups is 2. The van der Waals surface area contributed by atoms with E-state index in [1.54, 1.807) is 48.4 Å². The number of allylic oxidation sites excluding steroid dienone is 1. The van der Waals surface area contributed by atoms with Crippen molar-refractivity contribution in [3.05, 3.63) is 90.0 Å². The lowest BCUT2D eigenvalue weighted by Crippen LogP contribution is -2.70.